The number of halogens is 2. The zero-order chi connectivity index (χ0) is 18.1. The van der Waals surface area contributed by atoms with Gasteiger partial charge >= 0.3 is 0 Å². The van der Waals surface area contributed by atoms with Crippen molar-refractivity contribution in [1.29, 1.82) is 0 Å². The van der Waals surface area contributed by atoms with Gasteiger partial charge in [-0.3, -0.25) is 9.78 Å². The summed E-state index contributed by atoms with van der Waals surface area (Å²) in [6, 6.07) is 12.7. The Balaban J connectivity index is 1.98. The zero-order valence-corrected chi connectivity index (χ0v) is 13.4. The van der Waals surface area contributed by atoms with Crippen LogP contribution in [0.15, 0.2) is 71.8 Å². The number of hydrogen-bond acceptors (Lipinski definition) is 4. The van der Waals surface area contributed by atoms with Crippen LogP contribution in [0.3, 0.4) is 0 Å². The fourth-order valence-electron chi connectivity index (χ4n) is 2.64. The van der Waals surface area contributed by atoms with E-state index in [-0.39, 0.29) is 11.3 Å². The van der Waals surface area contributed by atoms with Crippen LogP contribution in [0.2, 0.25) is 0 Å². The van der Waals surface area contributed by atoms with Crippen molar-refractivity contribution in [2.75, 3.05) is 5.32 Å². The quantitative estimate of drug-likeness (QED) is 0.610. The lowest BCUT2D eigenvalue weighted by Crippen LogP contribution is -2.23. The van der Waals surface area contributed by atoms with Gasteiger partial charge in [-0.1, -0.05) is 0 Å². The van der Waals surface area contributed by atoms with Crippen molar-refractivity contribution >= 4 is 22.5 Å². The summed E-state index contributed by atoms with van der Waals surface area (Å²) in [5.74, 6) is -0.743. The van der Waals surface area contributed by atoms with Gasteiger partial charge < -0.3 is 5.32 Å². The second-order valence-electron chi connectivity index (χ2n) is 5.58. The molecule has 0 aliphatic rings. The number of hydrogen-bond donors (Lipinski definition) is 1. The van der Waals surface area contributed by atoms with Gasteiger partial charge in [-0.05, 0) is 54.6 Å². The zero-order valence-electron chi connectivity index (χ0n) is 13.4. The minimum Gasteiger partial charge on any atom is -0.324 e. The SMILES string of the molecule is O=c1c2cc(F)ccc2nc(Nc2cccnc2)n1-c1ccc(F)cc1. The number of anilines is 2. The van der Waals surface area contributed by atoms with Gasteiger partial charge in [0.1, 0.15) is 11.6 Å². The van der Waals surface area contributed by atoms with Crippen LogP contribution in [-0.4, -0.2) is 14.5 Å². The van der Waals surface area contributed by atoms with E-state index in [1.165, 1.54) is 41.0 Å². The van der Waals surface area contributed by atoms with Crippen LogP contribution < -0.4 is 10.9 Å². The molecule has 0 aliphatic heterocycles. The van der Waals surface area contributed by atoms with E-state index >= 15 is 0 Å². The van der Waals surface area contributed by atoms with Crippen LogP contribution in [0.4, 0.5) is 20.4 Å². The highest BCUT2D eigenvalue weighted by Gasteiger charge is 2.14. The molecule has 7 heteroatoms. The van der Waals surface area contributed by atoms with Gasteiger partial charge in [0, 0.05) is 6.20 Å². The lowest BCUT2D eigenvalue weighted by atomic mass is 10.2. The molecule has 0 saturated heterocycles. The van der Waals surface area contributed by atoms with Gasteiger partial charge in [-0.2, -0.15) is 0 Å². The van der Waals surface area contributed by atoms with Gasteiger partial charge in [0.15, 0.2) is 0 Å². The highest BCUT2D eigenvalue weighted by molar-refractivity contribution is 5.80. The molecule has 5 nitrogen and oxygen atoms in total. The Morgan fingerprint density at radius 3 is 2.46 bits per heavy atom. The summed E-state index contributed by atoms with van der Waals surface area (Å²) in [4.78, 5) is 21.4. The second kappa shape index (κ2) is 6.36. The molecule has 0 fully saturated rings. The largest absolute Gasteiger partial charge is 0.324 e. The molecular weight excluding hydrogens is 338 g/mol. The van der Waals surface area contributed by atoms with Crippen LogP contribution in [0, 0.1) is 11.6 Å². The normalized spacial score (nSPS) is 10.8. The first-order valence-corrected chi connectivity index (χ1v) is 7.77. The minimum atomic E-state index is -0.532. The molecule has 0 spiro atoms. The van der Waals surface area contributed by atoms with Crippen molar-refractivity contribution in [2.45, 2.75) is 0 Å². The Kier molecular flexibility index (Phi) is 3.89. The monoisotopic (exact) mass is 350 g/mol. The molecule has 128 valence electrons. The molecule has 4 rings (SSSR count). The summed E-state index contributed by atoms with van der Waals surface area (Å²) >= 11 is 0. The summed E-state index contributed by atoms with van der Waals surface area (Å²) < 4.78 is 28.2. The predicted octanol–water partition coefficient (Wildman–Crippen LogP) is 3.80. The molecule has 0 amide bonds. The standard InChI is InChI=1S/C19H12F2N4O/c20-12-3-6-15(7-4-12)25-18(26)16-10-13(21)5-8-17(16)24-19(25)23-14-2-1-9-22-11-14/h1-11H,(H,23,24). The van der Waals surface area contributed by atoms with Gasteiger partial charge in [-0.15, -0.1) is 0 Å². The van der Waals surface area contributed by atoms with E-state index in [0.29, 0.717) is 16.9 Å². The van der Waals surface area contributed by atoms with E-state index < -0.39 is 17.2 Å². The maximum Gasteiger partial charge on any atom is 0.267 e. The summed E-state index contributed by atoms with van der Waals surface area (Å²) in [5, 5.41) is 3.17. The van der Waals surface area contributed by atoms with Crippen molar-refractivity contribution in [3.05, 3.63) is 89.0 Å². The lowest BCUT2D eigenvalue weighted by molar-refractivity contribution is 0.627. The van der Waals surface area contributed by atoms with Gasteiger partial charge in [-0.25, -0.2) is 18.3 Å². The van der Waals surface area contributed by atoms with Gasteiger partial charge in [0.05, 0.1) is 28.5 Å². The van der Waals surface area contributed by atoms with E-state index in [1.54, 1.807) is 24.5 Å². The van der Waals surface area contributed by atoms with E-state index in [9.17, 15) is 13.6 Å². The van der Waals surface area contributed by atoms with Crippen LogP contribution >= 0.6 is 0 Å². The Bertz CT molecular complexity index is 1140. The fraction of sp³-hybridized carbons (Fsp3) is 0. The summed E-state index contributed by atoms with van der Waals surface area (Å²) in [7, 11) is 0. The smallest absolute Gasteiger partial charge is 0.267 e. The maximum atomic E-state index is 13.6. The Morgan fingerprint density at radius 1 is 0.962 bits per heavy atom. The molecule has 0 radical (unpaired) electrons. The third-order valence-corrected chi connectivity index (χ3v) is 3.83. The van der Waals surface area contributed by atoms with Crippen molar-refractivity contribution in [3.63, 3.8) is 0 Å². The first-order valence-electron chi connectivity index (χ1n) is 7.77. The minimum absolute atomic E-state index is 0.131. The fourth-order valence-corrected chi connectivity index (χ4v) is 2.64. The molecule has 0 unspecified atom stereocenters. The number of pyridine rings is 1. The van der Waals surface area contributed by atoms with Crippen LogP contribution in [-0.2, 0) is 0 Å². The highest BCUT2D eigenvalue weighted by Crippen LogP contribution is 2.20. The van der Waals surface area contributed by atoms with E-state index in [0.717, 1.165) is 6.07 Å². The van der Waals surface area contributed by atoms with E-state index in [4.69, 9.17) is 0 Å². The molecule has 0 atom stereocenters. The Labute approximate surface area is 146 Å². The van der Waals surface area contributed by atoms with Crippen molar-refractivity contribution in [1.82, 2.24) is 14.5 Å². The van der Waals surface area contributed by atoms with Crippen molar-refractivity contribution in [3.8, 4) is 5.69 Å². The lowest BCUT2D eigenvalue weighted by Gasteiger charge is -2.15. The predicted molar refractivity (Wildman–Crippen MR) is 94.8 cm³/mol. The molecule has 0 aliphatic carbocycles. The molecule has 0 saturated carbocycles. The van der Waals surface area contributed by atoms with Crippen molar-refractivity contribution in [2.24, 2.45) is 0 Å². The molecule has 2 aromatic heterocycles. The number of fused-ring (bicyclic) bond motifs is 1. The number of benzene rings is 2. The van der Waals surface area contributed by atoms with Gasteiger partial charge in [0.2, 0.25) is 5.95 Å². The molecule has 2 heterocycles. The first kappa shape index (κ1) is 15.9. The van der Waals surface area contributed by atoms with Crippen LogP contribution in [0.25, 0.3) is 16.6 Å². The third kappa shape index (κ3) is 2.90. The summed E-state index contributed by atoms with van der Waals surface area (Å²) in [5.41, 5.74) is 0.909. The Hall–Kier alpha value is -3.61. The number of nitrogens with one attached hydrogen (secondary N) is 1. The average molecular weight is 350 g/mol. The topological polar surface area (TPSA) is 59.8 Å². The maximum absolute atomic E-state index is 13.6. The molecule has 2 aromatic carbocycles. The highest BCUT2D eigenvalue weighted by atomic mass is 19.1. The van der Waals surface area contributed by atoms with E-state index in [1.807, 2.05) is 0 Å². The number of rotatable bonds is 3. The van der Waals surface area contributed by atoms with Gasteiger partial charge in [0.25, 0.3) is 5.56 Å². The van der Waals surface area contributed by atoms with Crippen LogP contribution in [0.1, 0.15) is 0 Å². The molecule has 26 heavy (non-hydrogen) atoms. The first-order chi connectivity index (χ1) is 12.6. The van der Waals surface area contributed by atoms with Crippen molar-refractivity contribution < 1.29 is 8.78 Å². The summed E-state index contributed by atoms with van der Waals surface area (Å²) in [6.45, 7) is 0. The molecule has 0 bridgehead atoms. The average Bonchev–Trinajstić information content (AvgIpc) is 2.65. The molecule has 1 N–H and O–H groups in total. The Morgan fingerprint density at radius 2 is 1.73 bits per heavy atom. The molecular formula is C19H12F2N4O. The molecule has 4 aromatic rings. The number of aromatic nitrogens is 3. The van der Waals surface area contributed by atoms with E-state index in [2.05, 4.69) is 15.3 Å². The second-order valence-corrected chi connectivity index (χ2v) is 5.58. The third-order valence-electron chi connectivity index (χ3n) is 3.83. The number of nitrogens with zero attached hydrogens (tertiary/aromatic N) is 3. The summed E-state index contributed by atoms with van der Waals surface area (Å²) in [6.07, 6.45) is 3.20. The van der Waals surface area contributed by atoms with Crippen LogP contribution in [0.5, 0.6) is 0 Å².